The van der Waals surface area contributed by atoms with Crippen LogP contribution in [-0.4, -0.2) is 24.5 Å². The van der Waals surface area contributed by atoms with Gasteiger partial charge < -0.3 is 4.98 Å². The molecule has 0 spiro atoms. The first kappa shape index (κ1) is 26.0. The lowest BCUT2D eigenvalue weighted by Gasteiger charge is -2.11. The summed E-state index contributed by atoms with van der Waals surface area (Å²) in [7, 11) is 0. The summed E-state index contributed by atoms with van der Waals surface area (Å²) in [5.41, 5.74) is 7.52. The highest BCUT2D eigenvalue weighted by molar-refractivity contribution is 6.10. The van der Waals surface area contributed by atoms with Crippen molar-refractivity contribution < 1.29 is 0 Å². The minimum absolute atomic E-state index is 0.0298. The predicted molar refractivity (Wildman–Crippen MR) is 186 cm³/mol. The molecule has 6 aromatic carbocycles. The van der Waals surface area contributed by atoms with Gasteiger partial charge in [-0.1, -0.05) is 103 Å². The number of H-pyrrole nitrogens is 1. The second-order valence-corrected chi connectivity index (χ2v) is 11.4. The van der Waals surface area contributed by atoms with Gasteiger partial charge in [-0.25, -0.2) is 4.98 Å². The lowest BCUT2D eigenvalue weighted by molar-refractivity contribution is 0.953. The molecule has 3 heterocycles. The average molecular weight is 592 g/mol. The van der Waals surface area contributed by atoms with Crippen molar-refractivity contribution in [3.8, 4) is 39.9 Å². The molecule has 0 unspecified atom stereocenters. The van der Waals surface area contributed by atoms with Gasteiger partial charge in [-0.05, 0) is 53.6 Å². The van der Waals surface area contributed by atoms with Crippen molar-refractivity contribution in [2.75, 3.05) is 0 Å². The van der Waals surface area contributed by atoms with Gasteiger partial charge in [-0.3, -0.25) is 9.36 Å². The Morgan fingerprint density at radius 2 is 0.978 bits per heavy atom. The van der Waals surface area contributed by atoms with Gasteiger partial charge in [0.1, 0.15) is 0 Å². The van der Waals surface area contributed by atoms with Gasteiger partial charge in [-0.2, -0.15) is 9.97 Å². The van der Waals surface area contributed by atoms with E-state index in [2.05, 4.69) is 52.0 Å². The highest BCUT2D eigenvalue weighted by Gasteiger charge is 2.18. The normalized spacial score (nSPS) is 11.6. The number of aromatic amines is 1. The molecule has 0 aliphatic rings. The molecule has 1 N–H and O–H groups in total. The zero-order valence-corrected chi connectivity index (χ0v) is 24.6. The first-order valence-corrected chi connectivity index (χ1v) is 15.2. The summed E-state index contributed by atoms with van der Waals surface area (Å²) in [6.45, 7) is 0. The molecule has 216 valence electrons. The molecular weight excluding hydrogens is 566 g/mol. The fourth-order valence-corrected chi connectivity index (χ4v) is 6.37. The molecule has 9 rings (SSSR count). The maximum atomic E-state index is 13.4. The summed E-state index contributed by atoms with van der Waals surface area (Å²) in [6, 6.07) is 48.4. The molecule has 0 atom stereocenters. The number of para-hydroxylation sites is 2. The predicted octanol–water partition coefficient (Wildman–Crippen LogP) is 8.96. The Bertz CT molecular complexity index is 2600. The van der Waals surface area contributed by atoms with Crippen molar-refractivity contribution in [3.63, 3.8) is 0 Å². The zero-order chi connectivity index (χ0) is 30.6. The number of hydrogen-bond donors (Lipinski definition) is 1. The van der Waals surface area contributed by atoms with Crippen LogP contribution in [0.5, 0.6) is 0 Å². The summed E-state index contributed by atoms with van der Waals surface area (Å²) in [5.74, 6) is 1.78. The Morgan fingerprint density at radius 3 is 1.70 bits per heavy atom. The van der Waals surface area contributed by atoms with Gasteiger partial charge in [0.05, 0.1) is 11.0 Å². The molecule has 0 radical (unpaired) electrons. The molecule has 0 saturated heterocycles. The molecule has 0 saturated carbocycles. The summed E-state index contributed by atoms with van der Waals surface area (Å²) in [5, 5.41) is 3.52. The summed E-state index contributed by atoms with van der Waals surface area (Å²) in [6.07, 6.45) is 0. The topological polar surface area (TPSA) is 76.5 Å². The van der Waals surface area contributed by atoms with Crippen LogP contribution in [-0.2, 0) is 0 Å². The van der Waals surface area contributed by atoms with Gasteiger partial charge in [0.2, 0.25) is 5.95 Å². The van der Waals surface area contributed by atoms with E-state index in [4.69, 9.17) is 15.0 Å². The van der Waals surface area contributed by atoms with Crippen LogP contribution in [0.1, 0.15) is 0 Å². The minimum Gasteiger partial charge on any atom is -0.354 e. The summed E-state index contributed by atoms with van der Waals surface area (Å²) in [4.78, 5) is 31.8. The molecule has 0 bridgehead atoms. The molecule has 0 fully saturated rings. The fourth-order valence-electron chi connectivity index (χ4n) is 6.37. The first-order chi connectivity index (χ1) is 22.7. The van der Waals surface area contributed by atoms with Gasteiger partial charge in [0.25, 0.3) is 0 Å². The minimum atomic E-state index is 0.0298. The Balaban J connectivity index is 1.26. The van der Waals surface area contributed by atoms with Gasteiger partial charge in [-0.15, -0.1) is 0 Å². The quantitative estimate of drug-likeness (QED) is 0.207. The van der Waals surface area contributed by atoms with Crippen LogP contribution in [0.25, 0.3) is 83.5 Å². The van der Waals surface area contributed by atoms with Crippen LogP contribution in [0.4, 0.5) is 0 Å². The van der Waals surface area contributed by atoms with E-state index in [0.29, 0.717) is 28.4 Å². The van der Waals surface area contributed by atoms with Crippen LogP contribution in [0, 0.1) is 0 Å². The molecule has 9 aromatic rings. The van der Waals surface area contributed by atoms with Crippen LogP contribution >= 0.6 is 0 Å². The molecule has 6 nitrogen and oxygen atoms in total. The summed E-state index contributed by atoms with van der Waals surface area (Å²) >= 11 is 0. The number of fused-ring (bicyclic) bond motifs is 5. The molecule has 46 heavy (non-hydrogen) atoms. The van der Waals surface area contributed by atoms with E-state index in [-0.39, 0.29) is 5.43 Å². The van der Waals surface area contributed by atoms with Gasteiger partial charge in [0.15, 0.2) is 17.1 Å². The average Bonchev–Trinajstić information content (AvgIpc) is 3.46. The van der Waals surface area contributed by atoms with E-state index in [0.717, 1.165) is 55.1 Å². The molecule has 0 amide bonds. The van der Waals surface area contributed by atoms with Crippen molar-refractivity contribution in [3.05, 3.63) is 156 Å². The zero-order valence-electron chi connectivity index (χ0n) is 24.6. The number of benzene rings is 6. The van der Waals surface area contributed by atoms with Gasteiger partial charge >= 0.3 is 0 Å². The lowest BCUT2D eigenvalue weighted by Crippen LogP contribution is -2.06. The number of nitrogens with zero attached hydrogens (tertiary/aromatic N) is 4. The second kappa shape index (κ2) is 10.4. The molecule has 6 heteroatoms. The van der Waals surface area contributed by atoms with Crippen LogP contribution < -0.4 is 5.43 Å². The van der Waals surface area contributed by atoms with E-state index >= 15 is 0 Å². The van der Waals surface area contributed by atoms with Crippen LogP contribution in [0.2, 0.25) is 0 Å². The third-order valence-corrected chi connectivity index (χ3v) is 8.60. The highest BCUT2D eigenvalue weighted by atomic mass is 16.1. The Hall–Kier alpha value is -6.40. The van der Waals surface area contributed by atoms with Crippen LogP contribution in [0.3, 0.4) is 0 Å². The largest absolute Gasteiger partial charge is 0.354 e. The van der Waals surface area contributed by atoms with E-state index in [1.807, 2.05) is 103 Å². The maximum absolute atomic E-state index is 13.4. The molecule has 0 aliphatic carbocycles. The van der Waals surface area contributed by atoms with Crippen molar-refractivity contribution in [2.45, 2.75) is 0 Å². The van der Waals surface area contributed by atoms with Gasteiger partial charge in [0, 0.05) is 43.7 Å². The van der Waals surface area contributed by atoms with E-state index < -0.39 is 0 Å². The number of pyridine rings is 1. The number of rotatable bonds is 4. The van der Waals surface area contributed by atoms with Crippen molar-refractivity contribution in [1.82, 2.24) is 24.5 Å². The monoisotopic (exact) mass is 591 g/mol. The third kappa shape index (κ3) is 4.19. The van der Waals surface area contributed by atoms with E-state index in [1.54, 1.807) is 0 Å². The Labute approximate surface area is 263 Å². The van der Waals surface area contributed by atoms with Crippen LogP contribution in [0.15, 0.2) is 150 Å². The summed E-state index contributed by atoms with van der Waals surface area (Å²) < 4.78 is 2.12. The Kier molecular flexibility index (Phi) is 5.86. The van der Waals surface area contributed by atoms with E-state index in [9.17, 15) is 4.79 Å². The maximum Gasteiger partial charge on any atom is 0.238 e. The first-order valence-electron chi connectivity index (χ1n) is 15.2. The standard InChI is InChI=1S/C40H25N5O/c46-37-30-16-7-9-17-33(30)41-34-21-19-27(24-32(34)37)28-20-22-36-31(23-28)29-15-8-10-18-35(29)45(36)40-43-38(25-11-3-1-4-12-25)42-39(44-40)26-13-5-2-6-14-26/h1-24H,(H,41,46). The molecule has 3 aromatic heterocycles. The number of aromatic nitrogens is 5. The highest BCUT2D eigenvalue weighted by Crippen LogP contribution is 2.35. The number of hydrogen-bond acceptors (Lipinski definition) is 4. The number of nitrogens with one attached hydrogen (secondary N) is 1. The van der Waals surface area contributed by atoms with Crippen molar-refractivity contribution in [2.24, 2.45) is 0 Å². The molecule has 0 aliphatic heterocycles. The lowest BCUT2D eigenvalue weighted by atomic mass is 10.00. The fraction of sp³-hybridized carbons (Fsp3) is 0. The smallest absolute Gasteiger partial charge is 0.238 e. The Morgan fingerprint density at radius 1 is 0.435 bits per heavy atom. The van der Waals surface area contributed by atoms with Crippen molar-refractivity contribution >= 4 is 43.6 Å². The molecular formula is C40H25N5O. The second-order valence-electron chi connectivity index (χ2n) is 11.4. The third-order valence-electron chi connectivity index (χ3n) is 8.60. The van der Waals surface area contributed by atoms with E-state index in [1.165, 1.54) is 0 Å². The van der Waals surface area contributed by atoms with Crippen molar-refractivity contribution in [1.29, 1.82) is 0 Å². The SMILES string of the molecule is O=c1c2ccccc2[nH]c2ccc(-c3ccc4c(c3)c3ccccc3n4-c3nc(-c4ccccc4)nc(-c4ccccc4)n3)cc12.